The first kappa shape index (κ1) is 20.2. The van der Waals surface area contributed by atoms with Crippen LogP contribution in [0, 0.1) is 35.5 Å². The molecule has 3 fully saturated rings. The Hall–Kier alpha value is -1.68. The normalized spacial score (nSPS) is 42.0. The first-order valence-corrected chi connectivity index (χ1v) is 11.9. The summed E-state index contributed by atoms with van der Waals surface area (Å²) < 4.78 is 2.00. The molecule has 1 N–H and O–H groups in total. The molecule has 0 saturated heterocycles. The van der Waals surface area contributed by atoms with Crippen LogP contribution in [-0.2, 0) is 11.3 Å². The second-order valence-electron chi connectivity index (χ2n) is 10.8. The van der Waals surface area contributed by atoms with E-state index in [0.717, 1.165) is 68.3 Å². The van der Waals surface area contributed by atoms with Crippen LogP contribution in [0.25, 0.3) is 6.08 Å². The van der Waals surface area contributed by atoms with Crippen molar-refractivity contribution in [1.82, 2.24) is 9.78 Å². The molecule has 1 aromatic rings. The molecule has 0 spiro atoms. The Morgan fingerprint density at radius 2 is 1.97 bits per heavy atom. The summed E-state index contributed by atoms with van der Waals surface area (Å²) in [6, 6.07) is 0. The summed E-state index contributed by atoms with van der Waals surface area (Å²) in [6.45, 7) is 9.74. The molecule has 0 aromatic carbocycles. The van der Waals surface area contributed by atoms with Gasteiger partial charge in [-0.05, 0) is 93.6 Å². The second kappa shape index (κ2) is 6.91. The van der Waals surface area contributed by atoms with Crippen molar-refractivity contribution < 1.29 is 9.90 Å². The number of hydrogen-bond acceptors (Lipinski definition) is 3. The molecule has 162 valence electrons. The van der Waals surface area contributed by atoms with E-state index in [0.29, 0.717) is 23.5 Å². The highest BCUT2D eigenvalue weighted by Gasteiger charge is 2.59. The quantitative estimate of drug-likeness (QED) is 0.547. The van der Waals surface area contributed by atoms with E-state index in [9.17, 15) is 9.90 Å². The summed E-state index contributed by atoms with van der Waals surface area (Å²) in [6.07, 6.45) is 13.3. The maximum atomic E-state index is 13.6. The Morgan fingerprint density at radius 1 is 1.20 bits per heavy atom. The van der Waals surface area contributed by atoms with Crippen molar-refractivity contribution in [3.05, 3.63) is 34.7 Å². The zero-order valence-corrected chi connectivity index (χ0v) is 18.9. The third kappa shape index (κ3) is 2.75. The summed E-state index contributed by atoms with van der Waals surface area (Å²) >= 11 is 0. The largest absolute Gasteiger partial charge is 0.393 e. The fourth-order valence-electron chi connectivity index (χ4n) is 7.55. The van der Waals surface area contributed by atoms with Crippen LogP contribution in [0.4, 0.5) is 0 Å². The molecular weight excluding hydrogens is 372 g/mol. The van der Waals surface area contributed by atoms with Gasteiger partial charge in [0.05, 0.1) is 12.3 Å². The van der Waals surface area contributed by atoms with E-state index in [4.69, 9.17) is 0 Å². The number of aromatic nitrogens is 2. The van der Waals surface area contributed by atoms with Crippen LogP contribution in [0.3, 0.4) is 0 Å². The van der Waals surface area contributed by atoms with Gasteiger partial charge in [0.2, 0.25) is 0 Å². The average molecular weight is 409 g/mol. The number of hydrogen-bond donors (Lipinski definition) is 1. The minimum Gasteiger partial charge on any atom is -0.393 e. The van der Waals surface area contributed by atoms with E-state index in [1.54, 1.807) is 0 Å². The SMILES string of the molecule is CCn1ncc(/C=C2/C[C@@H]3[C@@H]4CC=C5C[C@H](O)CC[C@]5(C)[C@@H]4CC[C@]3(C)C2=O)c1C. The van der Waals surface area contributed by atoms with Gasteiger partial charge in [0.25, 0.3) is 0 Å². The lowest BCUT2D eigenvalue weighted by molar-refractivity contribution is -0.130. The van der Waals surface area contributed by atoms with E-state index >= 15 is 0 Å². The molecule has 0 bridgehead atoms. The highest BCUT2D eigenvalue weighted by Crippen LogP contribution is 2.64. The molecule has 4 heteroatoms. The summed E-state index contributed by atoms with van der Waals surface area (Å²) in [4.78, 5) is 13.6. The third-order valence-corrected chi connectivity index (χ3v) is 9.49. The molecule has 3 saturated carbocycles. The van der Waals surface area contributed by atoms with Crippen molar-refractivity contribution in [3.8, 4) is 0 Å². The minimum atomic E-state index is -0.211. The van der Waals surface area contributed by atoms with Crippen molar-refractivity contribution in [1.29, 1.82) is 0 Å². The molecule has 30 heavy (non-hydrogen) atoms. The number of Topliss-reactive ketones (excluding diaryl/α,β-unsaturated/α-hetero) is 1. The Bertz CT molecular complexity index is 941. The van der Waals surface area contributed by atoms with Crippen LogP contribution in [0.5, 0.6) is 0 Å². The van der Waals surface area contributed by atoms with E-state index in [2.05, 4.69) is 44.9 Å². The molecule has 4 nitrogen and oxygen atoms in total. The van der Waals surface area contributed by atoms with E-state index in [-0.39, 0.29) is 16.9 Å². The fraction of sp³-hybridized carbons (Fsp3) is 0.692. The van der Waals surface area contributed by atoms with Gasteiger partial charge in [-0.15, -0.1) is 0 Å². The Kier molecular flexibility index (Phi) is 4.66. The number of aliphatic hydroxyl groups excluding tert-OH is 1. The van der Waals surface area contributed by atoms with Gasteiger partial charge in [-0.3, -0.25) is 9.48 Å². The van der Waals surface area contributed by atoms with Gasteiger partial charge in [-0.1, -0.05) is 25.5 Å². The molecule has 1 aromatic heterocycles. The van der Waals surface area contributed by atoms with Crippen molar-refractivity contribution in [2.24, 2.45) is 28.6 Å². The van der Waals surface area contributed by atoms with Crippen molar-refractivity contribution >= 4 is 11.9 Å². The molecule has 4 aliphatic rings. The number of aryl methyl sites for hydroxylation is 1. The topological polar surface area (TPSA) is 55.1 Å². The maximum absolute atomic E-state index is 13.6. The van der Waals surface area contributed by atoms with Crippen molar-refractivity contribution in [2.75, 3.05) is 0 Å². The maximum Gasteiger partial charge on any atom is 0.165 e. The number of aliphatic hydroxyl groups is 1. The van der Waals surface area contributed by atoms with Gasteiger partial charge in [0, 0.05) is 23.2 Å². The lowest BCUT2D eigenvalue weighted by Crippen LogP contribution is -2.50. The number of rotatable bonds is 2. The standard InChI is InChI=1S/C26H36N2O2/c1-5-28-16(2)18(15-27-28)12-17-13-23-21-7-6-19-14-20(29)8-10-25(19,3)22(21)9-11-26(23,4)24(17)30/h6,12,15,20-23,29H,5,7-11,13-14H2,1-4H3/b17-12-/t20-,21-,22-,23-,25+,26+/m1/s1. The molecular formula is C26H36N2O2. The smallest absolute Gasteiger partial charge is 0.165 e. The summed E-state index contributed by atoms with van der Waals surface area (Å²) in [5, 5.41) is 14.7. The molecule has 4 aliphatic carbocycles. The molecule has 6 atom stereocenters. The minimum absolute atomic E-state index is 0.162. The van der Waals surface area contributed by atoms with Crippen LogP contribution in [0.15, 0.2) is 23.4 Å². The van der Waals surface area contributed by atoms with Crippen LogP contribution >= 0.6 is 0 Å². The predicted molar refractivity (Wildman–Crippen MR) is 119 cm³/mol. The summed E-state index contributed by atoms with van der Waals surface area (Å²) in [5.41, 5.74) is 4.76. The highest BCUT2D eigenvalue weighted by atomic mass is 16.3. The van der Waals surface area contributed by atoms with Gasteiger partial charge < -0.3 is 5.11 Å². The number of carbonyl (C=O) groups is 1. The summed E-state index contributed by atoms with van der Waals surface area (Å²) in [7, 11) is 0. The highest BCUT2D eigenvalue weighted by molar-refractivity contribution is 6.06. The Labute approximate surface area is 180 Å². The Balaban J connectivity index is 1.48. The van der Waals surface area contributed by atoms with Gasteiger partial charge in [0.15, 0.2) is 5.78 Å². The fourth-order valence-corrected chi connectivity index (χ4v) is 7.55. The molecule has 0 aliphatic heterocycles. The molecule has 0 amide bonds. The first-order valence-electron chi connectivity index (χ1n) is 11.9. The van der Waals surface area contributed by atoms with E-state index < -0.39 is 0 Å². The van der Waals surface area contributed by atoms with Crippen LogP contribution in [-0.4, -0.2) is 26.8 Å². The zero-order valence-electron chi connectivity index (χ0n) is 18.9. The first-order chi connectivity index (χ1) is 14.3. The van der Waals surface area contributed by atoms with Gasteiger partial charge in [-0.2, -0.15) is 5.10 Å². The van der Waals surface area contributed by atoms with Crippen LogP contribution in [0.2, 0.25) is 0 Å². The molecule has 5 rings (SSSR count). The predicted octanol–water partition coefficient (Wildman–Crippen LogP) is 5.10. The summed E-state index contributed by atoms with van der Waals surface area (Å²) in [5.74, 6) is 2.06. The van der Waals surface area contributed by atoms with Gasteiger partial charge in [0.1, 0.15) is 0 Å². The second-order valence-corrected chi connectivity index (χ2v) is 10.8. The van der Waals surface area contributed by atoms with Gasteiger partial charge >= 0.3 is 0 Å². The van der Waals surface area contributed by atoms with E-state index in [1.165, 1.54) is 5.57 Å². The number of fused-ring (bicyclic) bond motifs is 5. The van der Waals surface area contributed by atoms with Crippen molar-refractivity contribution in [2.45, 2.75) is 85.3 Å². The van der Waals surface area contributed by atoms with E-state index in [1.807, 2.05) is 10.9 Å². The monoisotopic (exact) mass is 408 g/mol. The number of allylic oxidation sites excluding steroid dienone is 2. The molecule has 0 radical (unpaired) electrons. The lowest BCUT2D eigenvalue weighted by Gasteiger charge is -2.56. The molecule has 1 heterocycles. The van der Waals surface area contributed by atoms with Gasteiger partial charge in [-0.25, -0.2) is 0 Å². The third-order valence-electron chi connectivity index (χ3n) is 9.49. The van der Waals surface area contributed by atoms with Crippen molar-refractivity contribution in [3.63, 3.8) is 0 Å². The number of ketones is 1. The zero-order chi connectivity index (χ0) is 21.3. The Morgan fingerprint density at radius 3 is 2.70 bits per heavy atom. The number of carbonyl (C=O) groups excluding carboxylic acids is 1. The lowest BCUT2D eigenvalue weighted by atomic mass is 9.48. The van der Waals surface area contributed by atoms with Crippen LogP contribution < -0.4 is 0 Å². The molecule has 0 unspecified atom stereocenters. The van der Waals surface area contributed by atoms with Crippen LogP contribution in [0.1, 0.15) is 77.0 Å². The number of nitrogens with zero attached hydrogens (tertiary/aromatic N) is 2. The average Bonchev–Trinajstić information content (AvgIpc) is 3.20.